The summed E-state index contributed by atoms with van der Waals surface area (Å²) in [5.41, 5.74) is 0.929. The molecule has 0 atom stereocenters. The van der Waals surface area contributed by atoms with Crippen LogP contribution in [0.1, 0.15) is 18.1 Å². The molecular formula is C19H23F2IN4O4. The summed E-state index contributed by atoms with van der Waals surface area (Å²) in [6, 6.07) is 11.2. The van der Waals surface area contributed by atoms with Gasteiger partial charge in [-0.1, -0.05) is 30.3 Å². The number of hydrogen-bond acceptors (Lipinski definition) is 5. The standard InChI is InChI=1S/C19H22F2N4O4.HI/c1-3-28-16-10-6-8-14(17(16)29-18(20)21)12-24-19(22-2)23-11-13-7-4-5-9-15(13)25(26)27;/h4-10,18H,3,11-12H2,1-2H3,(H2,22,23,24);1H. The van der Waals surface area contributed by atoms with Gasteiger partial charge in [0.05, 0.1) is 11.5 Å². The van der Waals surface area contributed by atoms with Crippen LogP contribution in [0.2, 0.25) is 0 Å². The third-order valence-corrected chi connectivity index (χ3v) is 3.87. The van der Waals surface area contributed by atoms with Crippen LogP contribution >= 0.6 is 24.0 Å². The maximum absolute atomic E-state index is 12.8. The normalized spacial score (nSPS) is 10.9. The molecule has 11 heteroatoms. The highest BCUT2D eigenvalue weighted by molar-refractivity contribution is 14.0. The molecule has 2 aromatic rings. The average molecular weight is 536 g/mol. The second-order valence-corrected chi connectivity index (χ2v) is 5.72. The van der Waals surface area contributed by atoms with E-state index in [-0.39, 0.29) is 54.3 Å². The molecule has 0 saturated heterocycles. The van der Waals surface area contributed by atoms with Gasteiger partial charge in [-0.15, -0.1) is 24.0 Å². The number of nitro benzene ring substituents is 1. The number of nitrogens with one attached hydrogen (secondary N) is 2. The van der Waals surface area contributed by atoms with Gasteiger partial charge in [0.2, 0.25) is 0 Å². The number of benzene rings is 2. The highest BCUT2D eigenvalue weighted by Crippen LogP contribution is 2.32. The summed E-state index contributed by atoms with van der Waals surface area (Å²) in [5, 5.41) is 17.0. The molecule has 0 aliphatic heterocycles. The summed E-state index contributed by atoms with van der Waals surface area (Å²) in [7, 11) is 1.53. The van der Waals surface area contributed by atoms with Crippen LogP contribution in [-0.4, -0.2) is 31.1 Å². The van der Waals surface area contributed by atoms with Gasteiger partial charge in [-0.3, -0.25) is 15.1 Å². The van der Waals surface area contributed by atoms with Crippen molar-refractivity contribution >= 4 is 35.6 Å². The summed E-state index contributed by atoms with van der Waals surface area (Å²) < 4.78 is 35.6. The number of para-hydroxylation sites is 2. The van der Waals surface area contributed by atoms with E-state index >= 15 is 0 Å². The van der Waals surface area contributed by atoms with Gasteiger partial charge in [-0.2, -0.15) is 8.78 Å². The van der Waals surface area contributed by atoms with E-state index in [1.807, 2.05) is 0 Å². The molecule has 0 spiro atoms. The van der Waals surface area contributed by atoms with E-state index in [4.69, 9.17) is 4.74 Å². The first-order chi connectivity index (χ1) is 14.0. The maximum atomic E-state index is 12.8. The van der Waals surface area contributed by atoms with E-state index in [1.54, 1.807) is 43.3 Å². The van der Waals surface area contributed by atoms with Crippen LogP contribution < -0.4 is 20.1 Å². The quantitative estimate of drug-likeness (QED) is 0.165. The number of aliphatic imine (C=N–C) groups is 1. The molecule has 0 aromatic heterocycles. The summed E-state index contributed by atoms with van der Waals surface area (Å²) in [6.45, 7) is -0.664. The predicted octanol–water partition coefficient (Wildman–Crippen LogP) is 4.08. The Kier molecular flexibility index (Phi) is 10.8. The molecule has 0 aliphatic carbocycles. The third kappa shape index (κ3) is 7.28. The lowest BCUT2D eigenvalue weighted by atomic mass is 10.2. The van der Waals surface area contributed by atoms with Crippen LogP contribution in [0.3, 0.4) is 0 Å². The van der Waals surface area contributed by atoms with Gasteiger partial charge in [-0.05, 0) is 13.0 Å². The molecule has 0 unspecified atom stereocenters. The minimum Gasteiger partial charge on any atom is -0.490 e. The molecule has 0 bridgehead atoms. The Morgan fingerprint density at radius 1 is 1.13 bits per heavy atom. The molecule has 0 fully saturated rings. The van der Waals surface area contributed by atoms with E-state index < -0.39 is 11.5 Å². The van der Waals surface area contributed by atoms with Gasteiger partial charge in [0.15, 0.2) is 17.5 Å². The van der Waals surface area contributed by atoms with Gasteiger partial charge in [0.1, 0.15) is 0 Å². The lowest BCUT2D eigenvalue weighted by Crippen LogP contribution is -2.36. The Morgan fingerprint density at radius 3 is 2.37 bits per heavy atom. The van der Waals surface area contributed by atoms with Crippen molar-refractivity contribution in [1.82, 2.24) is 10.6 Å². The Bertz CT molecular complexity index is 868. The third-order valence-electron chi connectivity index (χ3n) is 3.87. The molecule has 0 radical (unpaired) electrons. The molecular weight excluding hydrogens is 513 g/mol. The van der Waals surface area contributed by atoms with E-state index in [0.717, 1.165) is 0 Å². The number of rotatable bonds is 9. The van der Waals surface area contributed by atoms with Crippen LogP contribution in [0.4, 0.5) is 14.5 Å². The van der Waals surface area contributed by atoms with Gasteiger partial charge in [-0.25, -0.2) is 0 Å². The van der Waals surface area contributed by atoms with Crippen molar-refractivity contribution in [3.63, 3.8) is 0 Å². The summed E-state index contributed by atoms with van der Waals surface area (Å²) in [4.78, 5) is 14.7. The molecule has 2 aromatic carbocycles. The molecule has 2 rings (SSSR count). The average Bonchev–Trinajstić information content (AvgIpc) is 2.70. The molecule has 0 heterocycles. The number of nitro groups is 1. The zero-order valence-corrected chi connectivity index (χ0v) is 18.8. The maximum Gasteiger partial charge on any atom is 0.387 e. The molecule has 30 heavy (non-hydrogen) atoms. The number of alkyl halides is 2. The molecule has 0 saturated carbocycles. The van der Waals surface area contributed by atoms with Crippen molar-refractivity contribution in [2.75, 3.05) is 13.7 Å². The minimum absolute atomic E-state index is 0. The largest absolute Gasteiger partial charge is 0.490 e. The Labute approximate surface area is 189 Å². The summed E-state index contributed by atoms with van der Waals surface area (Å²) in [6.07, 6.45) is 0. The Hall–Kier alpha value is -2.70. The van der Waals surface area contributed by atoms with Crippen molar-refractivity contribution in [3.8, 4) is 11.5 Å². The van der Waals surface area contributed by atoms with Gasteiger partial charge in [0.25, 0.3) is 5.69 Å². The molecule has 0 amide bonds. The first-order valence-electron chi connectivity index (χ1n) is 8.82. The first-order valence-corrected chi connectivity index (χ1v) is 8.82. The monoisotopic (exact) mass is 536 g/mol. The SMILES string of the molecule is CCOc1cccc(CNC(=NC)NCc2ccccc2[N+](=O)[O-])c1OC(F)F.I. The second kappa shape index (κ2) is 12.8. The number of guanidine groups is 1. The Balaban J connectivity index is 0.00000450. The topological polar surface area (TPSA) is 98.0 Å². The zero-order valence-electron chi connectivity index (χ0n) is 16.4. The number of nitrogens with zero attached hydrogens (tertiary/aromatic N) is 2. The number of ether oxygens (including phenoxy) is 2. The smallest absolute Gasteiger partial charge is 0.387 e. The van der Waals surface area contributed by atoms with Crippen molar-refractivity contribution in [3.05, 3.63) is 63.7 Å². The fraction of sp³-hybridized carbons (Fsp3) is 0.316. The van der Waals surface area contributed by atoms with Crippen LogP contribution in [-0.2, 0) is 13.1 Å². The highest BCUT2D eigenvalue weighted by atomic mass is 127. The predicted molar refractivity (Wildman–Crippen MR) is 120 cm³/mol. The summed E-state index contributed by atoms with van der Waals surface area (Å²) in [5.74, 6) is 0.508. The lowest BCUT2D eigenvalue weighted by molar-refractivity contribution is -0.385. The van der Waals surface area contributed by atoms with Crippen molar-refractivity contribution in [1.29, 1.82) is 0 Å². The van der Waals surface area contributed by atoms with Crippen molar-refractivity contribution in [2.45, 2.75) is 26.6 Å². The van der Waals surface area contributed by atoms with Crippen LogP contribution in [0.5, 0.6) is 11.5 Å². The van der Waals surface area contributed by atoms with Gasteiger partial charge in [0, 0.05) is 37.3 Å². The fourth-order valence-corrected chi connectivity index (χ4v) is 2.61. The fourth-order valence-electron chi connectivity index (χ4n) is 2.61. The van der Waals surface area contributed by atoms with E-state index in [1.165, 1.54) is 13.1 Å². The number of hydrogen-bond donors (Lipinski definition) is 2. The summed E-state index contributed by atoms with van der Waals surface area (Å²) >= 11 is 0. The van der Waals surface area contributed by atoms with Crippen LogP contribution in [0.25, 0.3) is 0 Å². The van der Waals surface area contributed by atoms with E-state index in [9.17, 15) is 18.9 Å². The number of halogens is 3. The molecule has 0 aliphatic rings. The van der Waals surface area contributed by atoms with E-state index in [2.05, 4.69) is 20.4 Å². The molecule has 8 nitrogen and oxygen atoms in total. The van der Waals surface area contributed by atoms with Crippen molar-refractivity contribution in [2.24, 2.45) is 4.99 Å². The molecule has 2 N–H and O–H groups in total. The lowest BCUT2D eigenvalue weighted by Gasteiger charge is -2.17. The van der Waals surface area contributed by atoms with Crippen molar-refractivity contribution < 1.29 is 23.2 Å². The van der Waals surface area contributed by atoms with Crippen LogP contribution in [0, 0.1) is 10.1 Å². The zero-order chi connectivity index (χ0) is 21.2. The van der Waals surface area contributed by atoms with Gasteiger partial charge >= 0.3 is 6.61 Å². The highest BCUT2D eigenvalue weighted by Gasteiger charge is 2.16. The van der Waals surface area contributed by atoms with Crippen LogP contribution in [0.15, 0.2) is 47.5 Å². The Morgan fingerprint density at radius 2 is 1.77 bits per heavy atom. The van der Waals surface area contributed by atoms with E-state index in [0.29, 0.717) is 23.7 Å². The molecule has 164 valence electrons. The second-order valence-electron chi connectivity index (χ2n) is 5.72. The first kappa shape index (κ1) is 25.3. The van der Waals surface area contributed by atoms with Gasteiger partial charge < -0.3 is 20.1 Å². The minimum atomic E-state index is -2.99.